The van der Waals surface area contributed by atoms with Crippen molar-refractivity contribution in [2.45, 2.75) is 38.5 Å². The van der Waals surface area contributed by atoms with Crippen LogP contribution in [0.25, 0.3) is 0 Å². The van der Waals surface area contributed by atoms with Gasteiger partial charge in [0.15, 0.2) is 5.96 Å². The molecule has 0 amide bonds. The summed E-state index contributed by atoms with van der Waals surface area (Å²) in [7, 11) is 3.85. The van der Waals surface area contributed by atoms with Gasteiger partial charge in [-0.05, 0) is 32.0 Å². The van der Waals surface area contributed by atoms with E-state index in [1.807, 2.05) is 31.4 Å². The highest BCUT2D eigenvalue weighted by molar-refractivity contribution is 5.80. The maximum Gasteiger partial charge on any atom is 0.191 e. The van der Waals surface area contributed by atoms with Crippen LogP contribution in [-0.4, -0.2) is 23.2 Å². The molecule has 3 rings (SSSR count). The number of aliphatic imine (C=N–C) groups is 1. The van der Waals surface area contributed by atoms with Gasteiger partial charge in [-0.1, -0.05) is 18.2 Å². The van der Waals surface area contributed by atoms with E-state index in [2.05, 4.69) is 52.2 Å². The Balaban J connectivity index is 1.72. The van der Waals surface area contributed by atoms with Crippen LogP contribution in [0.5, 0.6) is 5.75 Å². The predicted molar refractivity (Wildman–Crippen MR) is 97.3 cm³/mol. The monoisotopic (exact) mass is 326 g/mol. The van der Waals surface area contributed by atoms with Crippen LogP contribution in [0.2, 0.25) is 0 Å². The molecule has 0 radical (unpaired) electrons. The van der Waals surface area contributed by atoms with E-state index < -0.39 is 0 Å². The third kappa shape index (κ3) is 3.55. The molecule has 2 aromatic rings. The lowest BCUT2D eigenvalue weighted by molar-refractivity contribution is 0.0694. The van der Waals surface area contributed by atoms with Gasteiger partial charge in [-0.15, -0.1) is 0 Å². The normalized spacial score (nSPS) is 19.3. The Morgan fingerprint density at radius 2 is 2.08 bits per heavy atom. The van der Waals surface area contributed by atoms with Crippen LogP contribution in [0.1, 0.15) is 37.6 Å². The molecular weight excluding hydrogens is 300 g/mol. The van der Waals surface area contributed by atoms with Crippen LogP contribution in [0.4, 0.5) is 0 Å². The van der Waals surface area contributed by atoms with Gasteiger partial charge in [0.05, 0.1) is 12.6 Å². The number of nitrogens with zero attached hydrogens (tertiary/aromatic N) is 2. The number of hydrogen-bond acceptors (Lipinski definition) is 2. The van der Waals surface area contributed by atoms with Gasteiger partial charge in [0.25, 0.3) is 0 Å². The quantitative estimate of drug-likeness (QED) is 0.673. The lowest BCUT2D eigenvalue weighted by Crippen LogP contribution is -2.45. The van der Waals surface area contributed by atoms with Crippen LogP contribution in [0.3, 0.4) is 0 Å². The molecule has 2 N–H and O–H groups in total. The Morgan fingerprint density at radius 3 is 2.79 bits per heavy atom. The average Bonchev–Trinajstić information content (AvgIpc) is 2.95. The SMILES string of the molecule is CN=C(NCc1cccn1C)NC1CC(C)(C)Oc2ccccc21. The lowest BCUT2D eigenvalue weighted by Gasteiger charge is -2.38. The summed E-state index contributed by atoms with van der Waals surface area (Å²) in [4.78, 5) is 4.38. The molecule has 128 valence electrons. The lowest BCUT2D eigenvalue weighted by atomic mass is 9.90. The number of para-hydroxylation sites is 1. The molecule has 5 heteroatoms. The summed E-state index contributed by atoms with van der Waals surface area (Å²) >= 11 is 0. The van der Waals surface area contributed by atoms with Crippen LogP contribution in [-0.2, 0) is 13.6 Å². The van der Waals surface area contributed by atoms with E-state index in [0.717, 1.165) is 24.7 Å². The number of fused-ring (bicyclic) bond motifs is 1. The molecule has 1 aromatic heterocycles. The second-order valence-corrected chi connectivity index (χ2v) is 6.84. The van der Waals surface area contributed by atoms with Gasteiger partial charge in [-0.25, -0.2) is 0 Å². The molecule has 1 atom stereocenters. The standard InChI is InChI=1S/C19H26N4O/c1-19(2)12-16(15-9-5-6-10-17(15)24-19)22-18(20-3)21-13-14-8-7-11-23(14)4/h5-11,16H,12-13H2,1-4H3,(H2,20,21,22). The third-order valence-electron chi connectivity index (χ3n) is 4.40. The minimum absolute atomic E-state index is 0.171. The van der Waals surface area contributed by atoms with E-state index in [-0.39, 0.29) is 11.6 Å². The summed E-state index contributed by atoms with van der Waals surface area (Å²) < 4.78 is 8.20. The van der Waals surface area contributed by atoms with Crippen molar-refractivity contribution in [1.29, 1.82) is 0 Å². The highest BCUT2D eigenvalue weighted by Gasteiger charge is 2.33. The molecular formula is C19H26N4O. The number of benzene rings is 1. The molecule has 0 fully saturated rings. The zero-order chi connectivity index (χ0) is 17.2. The van der Waals surface area contributed by atoms with Crippen LogP contribution in [0.15, 0.2) is 47.6 Å². The fraction of sp³-hybridized carbons (Fsp3) is 0.421. The first-order valence-electron chi connectivity index (χ1n) is 8.34. The molecule has 1 aliphatic heterocycles. The van der Waals surface area contributed by atoms with Crippen molar-refractivity contribution in [3.63, 3.8) is 0 Å². The number of nitrogens with one attached hydrogen (secondary N) is 2. The highest BCUT2D eigenvalue weighted by Crippen LogP contribution is 2.39. The van der Waals surface area contributed by atoms with E-state index in [4.69, 9.17) is 4.74 Å². The first-order chi connectivity index (χ1) is 11.5. The minimum atomic E-state index is -0.205. The van der Waals surface area contributed by atoms with Crippen molar-refractivity contribution in [2.24, 2.45) is 12.0 Å². The van der Waals surface area contributed by atoms with Gasteiger partial charge in [-0.2, -0.15) is 0 Å². The van der Waals surface area contributed by atoms with Crippen molar-refractivity contribution >= 4 is 5.96 Å². The number of rotatable bonds is 3. The second-order valence-electron chi connectivity index (χ2n) is 6.84. The molecule has 0 saturated carbocycles. The van der Waals surface area contributed by atoms with E-state index in [0.29, 0.717) is 0 Å². The fourth-order valence-electron chi connectivity index (χ4n) is 3.15. The molecule has 0 aliphatic carbocycles. The van der Waals surface area contributed by atoms with Gasteiger partial charge in [0, 0.05) is 38.0 Å². The van der Waals surface area contributed by atoms with E-state index in [1.54, 1.807) is 7.05 Å². The van der Waals surface area contributed by atoms with Gasteiger partial charge < -0.3 is 19.9 Å². The van der Waals surface area contributed by atoms with E-state index in [9.17, 15) is 0 Å². The van der Waals surface area contributed by atoms with Crippen molar-refractivity contribution in [3.8, 4) is 5.75 Å². The number of guanidine groups is 1. The predicted octanol–water partition coefficient (Wildman–Crippen LogP) is 2.99. The summed E-state index contributed by atoms with van der Waals surface area (Å²) in [5.41, 5.74) is 2.19. The molecule has 1 aliphatic rings. The first kappa shape index (κ1) is 16.4. The summed E-state index contributed by atoms with van der Waals surface area (Å²) in [6.45, 7) is 4.98. The van der Waals surface area contributed by atoms with Crippen molar-refractivity contribution < 1.29 is 4.74 Å². The number of aromatic nitrogens is 1. The third-order valence-corrected chi connectivity index (χ3v) is 4.40. The Morgan fingerprint density at radius 1 is 1.29 bits per heavy atom. The summed E-state index contributed by atoms with van der Waals surface area (Å²) in [5, 5.41) is 6.94. The average molecular weight is 326 g/mol. The minimum Gasteiger partial charge on any atom is -0.487 e. The van der Waals surface area contributed by atoms with Crippen LogP contribution in [0, 0.1) is 0 Å². The number of ether oxygens (including phenoxy) is 1. The zero-order valence-corrected chi connectivity index (χ0v) is 14.8. The summed E-state index contributed by atoms with van der Waals surface area (Å²) in [6.07, 6.45) is 2.93. The number of aryl methyl sites for hydroxylation is 1. The summed E-state index contributed by atoms with van der Waals surface area (Å²) in [5.74, 6) is 1.75. The molecule has 5 nitrogen and oxygen atoms in total. The molecule has 1 unspecified atom stereocenters. The Bertz CT molecular complexity index is 732. The maximum absolute atomic E-state index is 6.10. The Kier molecular flexibility index (Phi) is 4.51. The van der Waals surface area contributed by atoms with Crippen molar-refractivity contribution in [3.05, 3.63) is 53.9 Å². The molecule has 0 bridgehead atoms. The molecule has 1 aromatic carbocycles. The largest absolute Gasteiger partial charge is 0.487 e. The highest BCUT2D eigenvalue weighted by atomic mass is 16.5. The maximum atomic E-state index is 6.10. The molecule has 0 spiro atoms. The Hall–Kier alpha value is -2.43. The van der Waals surface area contributed by atoms with Gasteiger partial charge in [0.2, 0.25) is 0 Å². The van der Waals surface area contributed by atoms with Crippen molar-refractivity contribution in [1.82, 2.24) is 15.2 Å². The smallest absolute Gasteiger partial charge is 0.191 e. The Labute approximate surface area is 143 Å². The first-order valence-corrected chi connectivity index (χ1v) is 8.34. The number of hydrogen-bond donors (Lipinski definition) is 2. The second kappa shape index (κ2) is 6.59. The molecule has 2 heterocycles. The van der Waals surface area contributed by atoms with E-state index in [1.165, 1.54) is 11.3 Å². The molecule has 24 heavy (non-hydrogen) atoms. The van der Waals surface area contributed by atoms with E-state index >= 15 is 0 Å². The van der Waals surface area contributed by atoms with Crippen LogP contribution < -0.4 is 15.4 Å². The van der Waals surface area contributed by atoms with Gasteiger partial charge in [-0.3, -0.25) is 4.99 Å². The fourth-order valence-corrected chi connectivity index (χ4v) is 3.15. The molecule has 0 saturated heterocycles. The van der Waals surface area contributed by atoms with Gasteiger partial charge >= 0.3 is 0 Å². The topological polar surface area (TPSA) is 50.6 Å². The van der Waals surface area contributed by atoms with Crippen molar-refractivity contribution in [2.75, 3.05) is 7.05 Å². The van der Waals surface area contributed by atoms with Crippen LogP contribution >= 0.6 is 0 Å². The zero-order valence-electron chi connectivity index (χ0n) is 14.8. The summed E-state index contributed by atoms with van der Waals surface area (Å²) in [6, 6.07) is 12.5. The van der Waals surface area contributed by atoms with Gasteiger partial charge in [0.1, 0.15) is 11.4 Å².